The van der Waals surface area contributed by atoms with Gasteiger partial charge in [-0.1, -0.05) is 107 Å². The lowest BCUT2D eigenvalue weighted by atomic mass is 10.0. The predicted molar refractivity (Wildman–Crippen MR) is 401 cm³/mol. The monoisotopic (exact) mass is 1460 g/mol. The average Bonchev–Trinajstić information content (AvgIpc) is 1.77. The number of amides is 2. The molecule has 0 bridgehead atoms. The first kappa shape index (κ1) is 70.0. The SMILES string of the molecule is CN(C)C(=O)c1ccc(-c2cc(Cl)cc3[nH]ncc23)cc1.Cc1cc(-c2cc(Cl)cc3[nH]ncc23)ccc1S(C)(=O)=O.Cc1nc2c(n1C)CCN(c1cc(Cl)cc3[nH]ncc13)C2.NC(=O)c1ccc(-c2cc(Cl)cc3[nH]ncc23)cc1.O=C(O)c1ccc(-c2cc(Cl)cc3[nH]ncc23)cc1. The molecular formula is C74H62Cl5N15O6S. The molecule has 0 spiro atoms. The normalized spacial score (nSPS) is 11.9. The van der Waals surface area contributed by atoms with E-state index in [0.29, 0.717) is 41.7 Å². The second-order valence-corrected chi connectivity index (χ2v) is 28.2. The number of hydrogen-bond donors (Lipinski definition) is 7. The number of sulfone groups is 1. The quantitative estimate of drug-likeness (QED) is 0.0708. The number of benzene rings is 9. The largest absolute Gasteiger partial charge is 0.478 e. The number of anilines is 1. The van der Waals surface area contributed by atoms with Crippen molar-refractivity contribution in [1.29, 1.82) is 0 Å². The van der Waals surface area contributed by atoms with E-state index >= 15 is 0 Å². The summed E-state index contributed by atoms with van der Waals surface area (Å²) in [5, 5.41) is 51.9. The highest BCUT2D eigenvalue weighted by molar-refractivity contribution is 7.90. The number of aromatic nitrogens is 12. The van der Waals surface area contributed by atoms with Gasteiger partial charge in [-0.3, -0.25) is 35.1 Å². The lowest BCUT2D eigenvalue weighted by Gasteiger charge is -2.29. The molecule has 101 heavy (non-hydrogen) atoms. The highest BCUT2D eigenvalue weighted by Gasteiger charge is 2.24. The number of carbonyl (C=O) groups is 3. The summed E-state index contributed by atoms with van der Waals surface area (Å²) >= 11 is 30.7. The topological polar surface area (TPSA) is 299 Å². The number of aryl methyl sites for hydroxylation is 2. The zero-order valence-corrected chi connectivity index (χ0v) is 59.4. The summed E-state index contributed by atoms with van der Waals surface area (Å²) in [6.45, 7) is 5.62. The number of rotatable bonds is 9. The Kier molecular flexibility index (Phi) is 20.5. The van der Waals surface area contributed by atoms with E-state index in [4.69, 9.17) is 68.8 Å². The molecule has 0 unspecified atom stereocenters. The van der Waals surface area contributed by atoms with Gasteiger partial charge in [0.2, 0.25) is 5.91 Å². The van der Waals surface area contributed by atoms with Crippen LogP contribution in [0.2, 0.25) is 25.1 Å². The van der Waals surface area contributed by atoms with Gasteiger partial charge in [0.1, 0.15) is 5.82 Å². The van der Waals surface area contributed by atoms with Gasteiger partial charge in [-0.25, -0.2) is 18.2 Å². The highest BCUT2D eigenvalue weighted by Crippen LogP contribution is 2.38. The third-order valence-corrected chi connectivity index (χ3v) is 19.4. The van der Waals surface area contributed by atoms with Crippen molar-refractivity contribution in [3.63, 3.8) is 0 Å². The molecule has 6 aromatic heterocycles. The van der Waals surface area contributed by atoms with Crippen molar-refractivity contribution in [2.75, 3.05) is 31.8 Å². The summed E-state index contributed by atoms with van der Waals surface area (Å²) in [6.07, 6.45) is 11.1. The number of nitrogens with one attached hydrogen (secondary N) is 5. The van der Waals surface area contributed by atoms with Gasteiger partial charge >= 0.3 is 5.97 Å². The van der Waals surface area contributed by atoms with E-state index in [1.807, 2.05) is 103 Å². The van der Waals surface area contributed by atoms with E-state index in [1.54, 1.807) is 105 Å². The number of fused-ring (bicyclic) bond motifs is 6. The molecule has 0 atom stereocenters. The molecule has 8 N–H and O–H groups in total. The number of aromatic amines is 5. The van der Waals surface area contributed by atoms with E-state index < -0.39 is 21.7 Å². The van der Waals surface area contributed by atoms with Crippen molar-refractivity contribution >= 4 is 146 Å². The fraction of sp³-hybridized carbons (Fsp3) is 0.122. The van der Waals surface area contributed by atoms with Gasteiger partial charge in [-0.2, -0.15) is 25.5 Å². The summed E-state index contributed by atoms with van der Waals surface area (Å²) in [7, 11) is 2.35. The average molecular weight is 1470 g/mol. The molecule has 16 rings (SSSR count). The molecule has 27 heteroatoms. The van der Waals surface area contributed by atoms with Crippen LogP contribution in [0, 0.1) is 13.8 Å². The zero-order chi connectivity index (χ0) is 71.6. The predicted octanol–water partition coefficient (Wildman–Crippen LogP) is 16.6. The molecule has 1 aliphatic heterocycles. The maximum absolute atomic E-state index is 11.9. The van der Waals surface area contributed by atoms with Gasteiger partial charge < -0.3 is 25.2 Å². The standard InChI is InChI=1S/C16H14ClN3O.C15H16ClN5.C15H13ClN2O2S.C14H10ClN3O.C14H9ClN2O2/c1-20(2)16(21)11-5-3-10(4-6-11)13-7-12(17)8-15-14(13)9-18-19-15;1-9-18-13-8-21(4-3-14(13)20(9)2)15-6-10(16)5-12-11(15)7-17-19-12;1-9-5-10(3-4-15(9)21(2,19)20)12-6-11(16)7-14-13(12)8-17-18-14;15-10-5-11(12-7-17-18-13(12)6-10)8-1-3-9(4-2-8)14(16)19;15-10-5-11(12-7-16-17-13(12)6-10)8-1-3-9(4-2-8)14(18)19/h3-9H,1-2H3,(H,18,19);5-7H,3-4,8H2,1-2H3,(H,17,19);3-8H,1-2H3,(H,17,18);1-7H,(H2,16,19)(H,17,18);1-7H,(H,16,17)(H,18,19). The van der Waals surface area contributed by atoms with Crippen LogP contribution in [0.15, 0.2) is 188 Å². The fourth-order valence-corrected chi connectivity index (χ4v) is 14.1. The minimum Gasteiger partial charge on any atom is -0.478 e. The Balaban J connectivity index is 0.000000120. The van der Waals surface area contributed by atoms with Crippen LogP contribution in [-0.4, -0.2) is 124 Å². The van der Waals surface area contributed by atoms with Gasteiger partial charge in [0.05, 0.1) is 81.3 Å². The molecule has 0 radical (unpaired) electrons. The Morgan fingerprint density at radius 3 is 1.26 bits per heavy atom. The lowest BCUT2D eigenvalue weighted by Crippen LogP contribution is -2.31. The number of halogens is 5. The van der Waals surface area contributed by atoms with E-state index in [9.17, 15) is 22.8 Å². The first-order valence-electron chi connectivity index (χ1n) is 31.1. The van der Waals surface area contributed by atoms with Crippen LogP contribution in [0.4, 0.5) is 5.69 Å². The zero-order valence-electron chi connectivity index (χ0n) is 54.8. The first-order valence-corrected chi connectivity index (χ1v) is 34.9. The van der Waals surface area contributed by atoms with E-state index in [2.05, 4.69) is 79.4 Å². The number of nitrogens with two attached hydrogens (primary N) is 1. The number of hydrogen-bond acceptors (Lipinski definition) is 12. The van der Waals surface area contributed by atoms with Crippen LogP contribution in [0.5, 0.6) is 0 Å². The third-order valence-electron chi connectivity index (χ3n) is 17.1. The number of H-pyrrole nitrogens is 5. The molecule has 2 amide bonds. The Bertz CT molecular complexity index is 5610. The summed E-state index contributed by atoms with van der Waals surface area (Å²) in [6, 6.07) is 45.2. The number of aromatic carboxylic acids is 1. The minimum atomic E-state index is -3.22. The molecule has 0 saturated heterocycles. The van der Waals surface area contributed by atoms with Gasteiger partial charge in [0.25, 0.3) is 5.91 Å². The summed E-state index contributed by atoms with van der Waals surface area (Å²) in [5.41, 5.74) is 23.0. The van der Waals surface area contributed by atoms with Crippen molar-refractivity contribution in [2.45, 2.75) is 31.7 Å². The van der Waals surface area contributed by atoms with Crippen LogP contribution in [0.25, 0.3) is 99.0 Å². The smallest absolute Gasteiger partial charge is 0.335 e. The van der Waals surface area contributed by atoms with Crippen molar-refractivity contribution < 1.29 is 27.9 Å². The number of imidazole rings is 1. The maximum Gasteiger partial charge on any atom is 0.335 e. The molecule has 7 heterocycles. The lowest BCUT2D eigenvalue weighted by molar-refractivity contribution is 0.0696. The van der Waals surface area contributed by atoms with Crippen LogP contribution in [-0.2, 0) is 29.9 Å². The minimum absolute atomic E-state index is 0.0129. The van der Waals surface area contributed by atoms with Gasteiger partial charge in [0.15, 0.2) is 9.84 Å². The summed E-state index contributed by atoms with van der Waals surface area (Å²) < 4.78 is 25.6. The Morgan fingerprint density at radius 2 is 0.871 bits per heavy atom. The summed E-state index contributed by atoms with van der Waals surface area (Å²) in [4.78, 5) is 42.7. The Morgan fingerprint density at radius 1 is 0.505 bits per heavy atom. The molecular weight excluding hydrogens is 1400 g/mol. The third kappa shape index (κ3) is 15.5. The number of carbonyl (C=O) groups excluding carboxylic acids is 2. The number of nitrogens with zero attached hydrogens (tertiary/aromatic N) is 9. The molecule has 0 saturated carbocycles. The number of carboxylic acid groups (broad SMARTS) is 1. The van der Waals surface area contributed by atoms with Crippen LogP contribution >= 0.6 is 58.0 Å². The van der Waals surface area contributed by atoms with E-state index in [-0.39, 0.29) is 11.5 Å². The molecule has 0 aliphatic carbocycles. The molecule has 15 aromatic rings. The Hall–Kier alpha value is -10.9. The number of carboxylic acids is 1. The number of primary amides is 1. The Labute approximate surface area is 603 Å². The van der Waals surface area contributed by atoms with E-state index in [0.717, 1.165) is 141 Å². The highest BCUT2D eigenvalue weighted by atomic mass is 35.5. The van der Waals surface area contributed by atoms with Crippen LogP contribution in [0.3, 0.4) is 0 Å². The van der Waals surface area contributed by atoms with Crippen molar-refractivity contribution in [1.82, 2.24) is 65.4 Å². The van der Waals surface area contributed by atoms with Crippen molar-refractivity contribution in [3.8, 4) is 44.5 Å². The molecule has 0 fully saturated rings. The van der Waals surface area contributed by atoms with E-state index in [1.165, 1.54) is 11.9 Å². The van der Waals surface area contributed by atoms with Gasteiger partial charge in [-0.05, 0) is 167 Å². The second kappa shape index (κ2) is 29.5. The van der Waals surface area contributed by atoms with Crippen LogP contribution in [0.1, 0.15) is 53.8 Å². The van der Waals surface area contributed by atoms with Gasteiger partial charge in [0, 0.05) is 115 Å². The van der Waals surface area contributed by atoms with Crippen molar-refractivity contribution in [2.24, 2.45) is 12.8 Å². The molecule has 1 aliphatic rings. The van der Waals surface area contributed by atoms with Crippen LogP contribution < -0.4 is 10.6 Å². The molecule has 21 nitrogen and oxygen atoms in total. The van der Waals surface area contributed by atoms with Gasteiger partial charge in [-0.15, -0.1) is 0 Å². The van der Waals surface area contributed by atoms with Crippen molar-refractivity contribution in [3.05, 3.63) is 247 Å². The maximum atomic E-state index is 11.9. The fourth-order valence-electron chi connectivity index (χ4n) is 12.0. The molecule has 510 valence electrons. The molecule has 9 aromatic carbocycles. The second-order valence-electron chi connectivity index (χ2n) is 24.0. The summed E-state index contributed by atoms with van der Waals surface area (Å²) in [5.74, 6) is -0.320. The first-order chi connectivity index (χ1) is 48.3.